The molecule has 3 rings (SSSR count). The molecule has 3 heterocycles. The molecule has 84 valence electrons. The maximum absolute atomic E-state index is 4.21. The molecule has 1 aliphatic heterocycles. The first kappa shape index (κ1) is 9.59. The highest BCUT2D eigenvalue weighted by Crippen LogP contribution is 2.13. The van der Waals surface area contributed by atoms with Crippen LogP contribution in [-0.2, 0) is 0 Å². The molecule has 5 heteroatoms. The van der Waals surface area contributed by atoms with Crippen molar-refractivity contribution in [1.82, 2.24) is 19.9 Å². The summed E-state index contributed by atoms with van der Waals surface area (Å²) in [5.41, 5.74) is 0.883. The number of nitrogens with zero attached hydrogens (tertiary/aromatic N) is 3. The number of fused-ring (bicyclic) bond motifs is 1. The number of hydrogen-bond donors (Lipinski definition) is 2. The highest BCUT2D eigenvalue weighted by atomic mass is 15.3. The second kappa shape index (κ2) is 4.09. The number of anilines is 1. The predicted octanol–water partition coefficient (Wildman–Crippen LogP) is 0.893. The van der Waals surface area contributed by atoms with Gasteiger partial charge in [-0.3, -0.25) is 0 Å². The number of aromatic nitrogens is 3. The van der Waals surface area contributed by atoms with E-state index in [1.54, 1.807) is 6.33 Å². The van der Waals surface area contributed by atoms with Gasteiger partial charge in [0.05, 0.1) is 0 Å². The van der Waals surface area contributed by atoms with Crippen molar-refractivity contribution in [2.75, 3.05) is 18.4 Å². The molecule has 0 amide bonds. The Bertz CT molecular complexity index is 472. The summed E-state index contributed by atoms with van der Waals surface area (Å²) in [6, 6.07) is 6.49. The van der Waals surface area contributed by atoms with Gasteiger partial charge in [0, 0.05) is 12.6 Å². The lowest BCUT2D eigenvalue weighted by molar-refractivity contribution is 0.478. The Morgan fingerprint density at radius 1 is 1.44 bits per heavy atom. The molecule has 5 nitrogen and oxygen atoms in total. The Hall–Kier alpha value is -1.62. The third-order valence-corrected chi connectivity index (χ3v) is 2.95. The Balaban J connectivity index is 1.85. The van der Waals surface area contributed by atoms with Crippen molar-refractivity contribution in [1.29, 1.82) is 0 Å². The minimum Gasteiger partial charge on any atom is -0.366 e. The fraction of sp³-hybridized carbons (Fsp3) is 0.455. The van der Waals surface area contributed by atoms with E-state index in [1.165, 1.54) is 12.8 Å². The quantitative estimate of drug-likeness (QED) is 0.784. The fourth-order valence-corrected chi connectivity index (χ4v) is 2.14. The smallest absolute Gasteiger partial charge is 0.157 e. The van der Waals surface area contributed by atoms with E-state index in [4.69, 9.17) is 0 Å². The molecular formula is C11H15N5. The molecule has 2 aromatic heterocycles. The van der Waals surface area contributed by atoms with E-state index < -0.39 is 0 Å². The first-order chi connectivity index (χ1) is 7.93. The third kappa shape index (κ3) is 1.74. The van der Waals surface area contributed by atoms with E-state index in [2.05, 4.69) is 20.7 Å². The van der Waals surface area contributed by atoms with Gasteiger partial charge in [-0.05, 0) is 31.5 Å². The topological polar surface area (TPSA) is 54.2 Å². The van der Waals surface area contributed by atoms with E-state index in [0.29, 0.717) is 6.04 Å². The van der Waals surface area contributed by atoms with Crippen LogP contribution < -0.4 is 10.6 Å². The zero-order valence-corrected chi connectivity index (χ0v) is 9.06. The Kier molecular flexibility index (Phi) is 2.46. The van der Waals surface area contributed by atoms with Gasteiger partial charge in [-0.2, -0.15) is 9.61 Å². The lowest BCUT2D eigenvalue weighted by Crippen LogP contribution is -2.38. The van der Waals surface area contributed by atoms with E-state index in [-0.39, 0.29) is 0 Å². The van der Waals surface area contributed by atoms with Crippen LogP contribution in [-0.4, -0.2) is 33.7 Å². The molecule has 0 aliphatic carbocycles. The van der Waals surface area contributed by atoms with Crippen LogP contribution in [0, 0.1) is 0 Å². The third-order valence-electron chi connectivity index (χ3n) is 2.95. The number of piperidine rings is 1. The number of nitrogens with one attached hydrogen (secondary N) is 2. The van der Waals surface area contributed by atoms with Crippen molar-refractivity contribution in [2.24, 2.45) is 0 Å². The van der Waals surface area contributed by atoms with Gasteiger partial charge in [-0.25, -0.2) is 4.98 Å². The van der Waals surface area contributed by atoms with Gasteiger partial charge in [-0.1, -0.05) is 6.07 Å². The van der Waals surface area contributed by atoms with Gasteiger partial charge in [0.15, 0.2) is 5.65 Å². The number of rotatable bonds is 2. The Morgan fingerprint density at radius 3 is 3.31 bits per heavy atom. The Morgan fingerprint density at radius 2 is 2.44 bits per heavy atom. The first-order valence-electron chi connectivity index (χ1n) is 5.69. The van der Waals surface area contributed by atoms with Crippen molar-refractivity contribution in [3.8, 4) is 0 Å². The summed E-state index contributed by atoms with van der Waals surface area (Å²) >= 11 is 0. The molecule has 1 aliphatic rings. The first-order valence-corrected chi connectivity index (χ1v) is 5.69. The average Bonchev–Trinajstić information content (AvgIpc) is 2.80. The van der Waals surface area contributed by atoms with Crippen molar-refractivity contribution in [3.05, 3.63) is 24.5 Å². The normalized spacial score (nSPS) is 21.1. The van der Waals surface area contributed by atoms with Gasteiger partial charge < -0.3 is 10.6 Å². The highest BCUT2D eigenvalue weighted by Gasteiger charge is 2.13. The average molecular weight is 217 g/mol. The van der Waals surface area contributed by atoms with Gasteiger partial charge >= 0.3 is 0 Å². The molecular weight excluding hydrogens is 202 g/mol. The van der Waals surface area contributed by atoms with E-state index >= 15 is 0 Å². The zero-order chi connectivity index (χ0) is 10.8. The molecule has 0 aromatic carbocycles. The number of pyridine rings is 1. The van der Waals surface area contributed by atoms with Crippen LogP contribution in [0.4, 0.5) is 5.82 Å². The largest absolute Gasteiger partial charge is 0.366 e. The minimum absolute atomic E-state index is 0.489. The van der Waals surface area contributed by atoms with E-state index in [0.717, 1.165) is 24.6 Å². The molecule has 2 aromatic rings. The molecule has 1 unspecified atom stereocenters. The highest BCUT2D eigenvalue weighted by molar-refractivity contribution is 5.48. The summed E-state index contributed by atoms with van der Waals surface area (Å²) in [7, 11) is 0. The predicted molar refractivity (Wildman–Crippen MR) is 62.5 cm³/mol. The summed E-state index contributed by atoms with van der Waals surface area (Å²) in [5.74, 6) is 1.02. The van der Waals surface area contributed by atoms with Crippen LogP contribution in [0.15, 0.2) is 24.5 Å². The van der Waals surface area contributed by atoms with Crippen molar-refractivity contribution in [3.63, 3.8) is 0 Å². The molecule has 16 heavy (non-hydrogen) atoms. The maximum atomic E-state index is 4.21. The van der Waals surface area contributed by atoms with Crippen LogP contribution in [0.1, 0.15) is 12.8 Å². The van der Waals surface area contributed by atoms with Crippen molar-refractivity contribution in [2.45, 2.75) is 18.9 Å². The van der Waals surface area contributed by atoms with Crippen LogP contribution in [0.2, 0.25) is 0 Å². The fourth-order valence-electron chi connectivity index (χ4n) is 2.14. The van der Waals surface area contributed by atoms with Gasteiger partial charge in [0.1, 0.15) is 12.1 Å². The van der Waals surface area contributed by atoms with Crippen molar-refractivity contribution < 1.29 is 0 Å². The molecule has 2 N–H and O–H groups in total. The van der Waals surface area contributed by atoms with Gasteiger partial charge in [0.25, 0.3) is 0 Å². The van der Waals surface area contributed by atoms with Gasteiger partial charge in [0.2, 0.25) is 0 Å². The second-order valence-corrected chi connectivity index (χ2v) is 4.13. The molecule has 0 radical (unpaired) electrons. The van der Waals surface area contributed by atoms with E-state index in [1.807, 2.05) is 22.7 Å². The SMILES string of the molecule is c1cc(NC2CCCNC2)n2ncnc2c1. The minimum atomic E-state index is 0.489. The summed E-state index contributed by atoms with van der Waals surface area (Å²) in [5, 5.41) is 11.1. The molecule has 0 spiro atoms. The lowest BCUT2D eigenvalue weighted by atomic mass is 10.1. The van der Waals surface area contributed by atoms with Crippen LogP contribution in [0.5, 0.6) is 0 Å². The Labute approximate surface area is 93.9 Å². The molecule has 1 saturated heterocycles. The maximum Gasteiger partial charge on any atom is 0.157 e. The van der Waals surface area contributed by atoms with Crippen LogP contribution in [0.3, 0.4) is 0 Å². The summed E-state index contributed by atoms with van der Waals surface area (Å²) in [4.78, 5) is 4.17. The van der Waals surface area contributed by atoms with Crippen molar-refractivity contribution >= 4 is 11.5 Å². The van der Waals surface area contributed by atoms with Crippen LogP contribution >= 0.6 is 0 Å². The molecule has 0 saturated carbocycles. The molecule has 1 fully saturated rings. The number of hydrogen-bond acceptors (Lipinski definition) is 4. The van der Waals surface area contributed by atoms with Gasteiger partial charge in [-0.15, -0.1) is 0 Å². The monoisotopic (exact) mass is 217 g/mol. The molecule has 1 atom stereocenters. The summed E-state index contributed by atoms with van der Waals surface area (Å²) < 4.78 is 1.84. The summed E-state index contributed by atoms with van der Waals surface area (Å²) in [6.07, 6.45) is 4.02. The lowest BCUT2D eigenvalue weighted by Gasteiger charge is -2.24. The standard InChI is InChI=1S/C11H15N5/c1-4-10-13-8-14-16(10)11(5-1)15-9-3-2-6-12-7-9/h1,4-5,8-9,12,15H,2-3,6-7H2. The zero-order valence-electron chi connectivity index (χ0n) is 9.06. The second-order valence-electron chi connectivity index (χ2n) is 4.13. The summed E-state index contributed by atoms with van der Waals surface area (Å²) in [6.45, 7) is 2.15. The molecule has 0 bridgehead atoms. The van der Waals surface area contributed by atoms with Crippen LogP contribution in [0.25, 0.3) is 5.65 Å². The van der Waals surface area contributed by atoms with E-state index in [9.17, 15) is 0 Å².